The number of fused-ring (bicyclic) bond motifs is 5. The maximum Gasteiger partial charge on any atom is 0.104 e. The molecule has 0 spiro atoms. The molecule has 0 saturated carbocycles. The number of aromatic nitrogens is 1. The number of hydrogen-bond donors (Lipinski definition) is 1. The monoisotopic (exact) mass is 369 g/mol. The predicted octanol–water partition coefficient (Wildman–Crippen LogP) is 4.37. The number of hydrogen-bond acceptors (Lipinski definition) is 3. The van der Waals surface area contributed by atoms with E-state index in [0.29, 0.717) is 0 Å². The SMILES string of the molecule is CN1CCc2c(sc3c2CNC(c2cccc(Cl)c2)c2cccn2-3)C1. The summed E-state index contributed by atoms with van der Waals surface area (Å²) >= 11 is 8.20. The van der Waals surface area contributed by atoms with Crippen LogP contribution < -0.4 is 5.32 Å². The largest absolute Gasteiger partial charge is 0.310 e. The molecule has 25 heavy (non-hydrogen) atoms. The van der Waals surface area contributed by atoms with Gasteiger partial charge in [-0.25, -0.2) is 0 Å². The molecular weight excluding hydrogens is 350 g/mol. The Balaban J connectivity index is 1.63. The summed E-state index contributed by atoms with van der Waals surface area (Å²) < 4.78 is 2.38. The lowest BCUT2D eigenvalue weighted by Gasteiger charge is -2.23. The molecule has 0 bridgehead atoms. The van der Waals surface area contributed by atoms with E-state index in [-0.39, 0.29) is 6.04 Å². The fourth-order valence-corrected chi connectivity index (χ4v) is 5.71. The second-order valence-corrected chi connectivity index (χ2v) is 8.47. The summed E-state index contributed by atoms with van der Waals surface area (Å²) in [5.41, 5.74) is 5.55. The number of likely N-dealkylation sites (N-methyl/N-ethyl adjacent to an activating group) is 1. The Labute approximate surface area is 156 Å². The van der Waals surface area contributed by atoms with Crippen molar-refractivity contribution < 1.29 is 0 Å². The molecule has 0 fully saturated rings. The highest BCUT2D eigenvalue weighted by molar-refractivity contribution is 7.15. The van der Waals surface area contributed by atoms with Crippen molar-refractivity contribution in [1.82, 2.24) is 14.8 Å². The normalized spacial score (nSPS) is 19.8. The lowest BCUT2D eigenvalue weighted by Crippen LogP contribution is -2.27. The van der Waals surface area contributed by atoms with Gasteiger partial charge in [0.25, 0.3) is 0 Å². The van der Waals surface area contributed by atoms with Gasteiger partial charge in [0.05, 0.1) is 6.04 Å². The number of halogens is 1. The van der Waals surface area contributed by atoms with Crippen molar-refractivity contribution >= 4 is 22.9 Å². The number of nitrogens with one attached hydrogen (secondary N) is 1. The van der Waals surface area contributed by atoms with Crippen LogP contribution in [0.1, 0.15) is 33.3 Å². The molecular formula is C20H20ClN3S. The van der Waals surface area contributed by atoms with Crippen molar-refractivity contribution in [3.05, 3.63) is 74.9 Å². The molecule has 1 aromatic carbocycles. The Morgan fingerprint density at radius 1 is 1.20 bits per heavy atom. The lowest BCUT2D eigenvalue weighted by atomic mass is 10.0. The maximum atomic E-state index is 6.25. The highest BCUT2D eigenvalue weighted by Gasteiger charge is 2.29. The molecule has 128 valence electrons. The third kappa shape index (κ3) is 2.56. The highest BCUT2D eigenvalue weighted by atomic mass is 35.5. The average Bonchev–Trinajstić information content (AvgIpc) is 3.17. The van der Waals surface area contributed by atoms with Gasteiger partial charge in [0.2, 0.25) is 0 Å². The van der Waals surface area contributed by atoms with Crippen LogP contribution in [0.15, 0.2) is 42.6 Å². The van der Waals surface area contributed by atoms with E-state index in [2.05, 4.69) is 52.3 Å². The van der Waals surface area contributed by atoms with Gasteiger partial charge in [-0.15, -0.1) is 11.3 Å². The van der Waals surface area contributed by atoms with E-state index in [1.165, 1.54) is 26.7 Å². The average molecular weight is 370 g/mol. The zero-order valence-corrected chi connectivity index (χ0v) is 15.7. The summed E-state index contributed by atoms with van der Waals surface area (Å²) in [6.45, 7) is 3.12. The molecule has 2 aliphatic heterocycles. The predicted molar refractivity (Wildman–Crippen MR) is 104 cm³/mol. The third-order valence-electron chi connectivity index (χ3n) is 5.30. The molecule has 0 amide bonds. The lowest BCUT2D eigenvalue weighted by molar-refractivity contribution is 0.316. The topological polar surface area (TPSA) is 20.2 Å². The van der Waals surface area contributed by atoms with E-state index in [0.717, 1.165) is 31.1 Å². The molecule has 1 unspecified atom stereocenters. The second-order valence-electron chi connectivity index (χ2n) is 6.95. The zero-order chi connectivity index (χ0) is 17.0. The summed E-state index contributed by atoms with van der Waals surface area (Å²) in [4.78, 5) is 3.94. The molecule has 2 aliphatic rings. The Morgan fingerprint density at radius 2 is 2.12 bits per heavy atom. The van der Waals surface area contributed by atoms with Gasteiger partial charge in [-0.3, -0.25) is 0 Å². The van der Waals surface area contributed by atoms with Crippen LogP contribution in [0, 0.1) is 0 Å². The zero-order valence-electron chi connectivity index (χ0n) is 14.1. The molecule has 3 aromatic rings. The summed E-state index contributed by atoms with van der Waals surface area (Å²) in [5, 5.41) is 5.96. The van der Waals surface area contributed by atoms with Crippen molar-refractivity contribution in [2.45, 2.75) is 25.6 Å². The van der Waals surface area contributed by atoms with Gasteiger partial charge >= 0.3 is 0 Å². The highest BCUT2D eigenvalue weighted by Crippen LogP contribution is 2.40. The number of benzene rings is 1. The van der Waals surface area contributed by atoms with E-state index >= 15 is 0 Å². The molecule has 0 saturated heterocycles. The van der Waals surface area contributed by atoms with Gasteiger partial charge in [0.15, 0.2) is 0 Å². The number of thiophene rings is 1. The van der Waals surface area contributed by atoms with Gasteiger partial charge in [-0.05, 0) is 48.9 Å². The smallest absolute Gasteiger partial charge is 0.104 e. The summed E-state index contributed by atoms with van der Waals surface area (Å²) in [6.07, 6.45) is 3.35. The van der Waals surface area contributed by atoms with Crippen molar-refractivity contribution in [3.63, 3.8) is 0 Å². The maximum absolute atomic E-state index is 6.25. The van der Waals surface area contributed by atoms with Crippen LogP contribution in [0.4, 0.5) is 0 Å². The molecule has 0 radical (unpaired) electrons. The fourth-order valence-electron chi connectivity index (χ4n) is 4.06. The van der Waals surface area contributed by atoms with E-state index in [1.54, 1.807) is 5.56 Å². The van der Waals surface area contributed by atoms with Crippen molar-refractivity contribution in [3.8, 4) is 5.00 Å². The number of nitrogens with zero attached hydrogens (tertiary/aromatic N) is 2. The molecule has 1 atom stereocenters. The van der Waals surface area contributed by atoms with E-state index < -0.39 is 0 Å². The Hall–Kier alpha value is -1.59. The van der Waals surface area contributed by atoms with E-state index in [1.807, 2.05) is 23.5 Å². The van der Waals surface area contributed by atoms with Gasteiger partial charge in [0, 0.05) is 47.0 Å². The van der Waals surface area contributed by atoms with Crippen molar-refractivity contribution in [2.24, 2.45) is 0 Å². The van der Waals surface area contributed by atoms with Crippen LogP contribution in [0.2, 0.25) is 5.02 Å². The second kappa shape index (κ2) is 5.99. The summed E-state index contributed by atoms with van der Waals surface area (Å²) in [6, 6.07) is 12.7. The minimum atomic E-state index is 0.162. The van der Waals surface area contributed by atoms with E-state index in [9.17, 15) is 0 Å². The Morgan fingerprint density at radius 3 is 3.00 bits per heavy atom. The standard InChI is InChI=1S/C20H20ClN3S/c1-23-9-7-15-16-11-22-19(13-4-2-5-14(21)10-13)17-6-3-8-24(17)20(16)25-18(15)12-23/h2-6,8,10,19,22H,7,9,11-12H2,1H3. The van der Waals surface area contributed by atoms with Crippen LogP contribution in [0.25, 0.3) is 5.00 Å². The molecule has 4 heterocycles. The minimum Gasteiger partial charge on any atom is -0.310 e. The minimum absolute atomic E-state index is 0.162. The number of rotatable bonds is 1. The first-order chi connectivity index (χ1) is 12.2. The van der Waals surface area contributed by atoms with Gasteiger partial charge in [-0.2, -0.15) is 0 Å². The molecule has 5 rings (SSSR count). The van der Waals surface area contributed by atoms with Crippen LogP contribution in [0.5, 0.6) is 0 Å². The summed E-state index contributed by atoms with van der Waals surface area (Å²) in [5.74, 6) is 0. The first-order valence-corrected chi connectivity index (χ1v) is 9.88. The fraction of sp³-hybridized carbons (Fsp3) is 0.300. The molecule has 2 aromatic heterocycles. The van der Waals surface area contributed by atoms with Crippen molar-refractivity contribution in [2.75, 3.05) is 13.6 Å². The van der Waals surface area contributed by atoms with Gasteiger partial charge < -0.3 is 14.8 Å². The van der Waals surface area contributed by atoms with Crippen LogP contribution in [0.3, 0.4) is 0 Å². The molecule has 0 aliphatic carbocycles. The molecule has 5 heteroatoms. The van der Waals surface area contributed by atoms with Crippen LogP contribution >= 0.6 is 22.9 Å². The van der Waals surface area contributed by atoms with E-state index in [4.69, 9.17) is 11.6 Å². The summed E-state index contributed by atoms with van der Waals surface area (Å²) in [7, 11) is 2.21. The Kier molecular flexibility index (Phi) is 3.75. The first kappa shape index (κ1) is 15.6. The third-order valence-corrected chi connectivity index (χ3v) is 6.79. The first-order valence-electron chi connectivity index (χ1n) is 8.69. The van der Waals surface area contributed by atoms with Crippen LogP contribution in [-0.4, -0.2) is 23.1 Å². The van der Waals surface area contributed by atoms with Crippen LogP contribution in [-0.2, 0) is 19.5 Å². The molecule has 3 nitrogen and oxygen atoms in total. The van der Waals surface area contributed by atoms with Crippen molar-refractivity contribution in [1.29, 1.82) is 0 Å². The van der Waals surface area contributed by atoms with Gasteiger partial charge in [-0.1, -0.05) is 23.7 Å². The quantitative estimate of drug-likeness (QED) is 0.687. The van der Waals surface area contributed by atoms with Gasteiger partial charge in [0.1, 0.15) is 5.00 Å². The Bertz CT molecular complexity index is 942. The molecule has 1 N–H and O–H groups in total.